The average Bonchev–Trinajstić information content (AvgIpc) is 2.42. The molecule has 2 aromatic carbocycles. The van der Waals surface area contributed by atoms with Crippen LogP contribution < -0.4 is 10.5 Å². The van der Waals surface area contributed by atoms with Crippen molar-refractivity contribution in [2.45, 2.75) is 39.8 Å². The highest BCUT2D eigenvalue weighted by molar-refractivity contribution is 5.36. The maximum absolute atomic E-state index is 6.29. The standard InChI is InChI=1S/C18H23NO/c1-12-5-8-16(9-6-12)18(19)15(4)20-17-10-7-13(2)11-14(17)3/h5-11,15,18H,19H2,1-4H3. The quantitative estimate of drug-likeness (QED) is 0.907. The Morgan fingerprint density at radius 3 is 2.10 bits per heavy atom. The van der Waals surface area contributed by atoms with Crippen molar-refractivity contribution in [1.82, 2.24) is 0 Å². The number of aryl methyl sites for hydroxylation is 3. The summed E-state index contributed by atoms with van der Waals surface area (Å²) in [5, 5.41) is 0. The van der Waals surface area contributed by atoms with Crippen molar-refractivity contribution in [2.24, 2.45) is 5.73 Å². The fourth-order valence-corrected chi connectivity index (χ4v) is 2.26. The predicted molar refractivity (Wildman–Crippen MR) is 84.1 cm³/mol. The van der Waals surface area contributed by atoms with Gasteiger partial charge in [-0.2, -0.15) is 0 Å². The van der Waals surface area contributed by atoms with Gasteiger partial charge in [0.2, 0.25) is 0 Å². The van der Waals surface area contributed by atoms with Crippen LogP contribution in [-0.4, -0.2) is 6.10 Å². The molecule has 0 saturated heterocycles. The Labute approximate surface area is 121 Å². The SMILES string of the molecule is Cc1ccc(C(N)C(C)Oc2ccc(C)cc2C)cc1. The monoisotopic (exact) mass is 269 g/mol. The first-order chi connectivity index (χ1) is 9.47. The second-order valence-corrected chi connectivity index (χ2v) is 5.53. The largest absolute Gasteiger partial charge is 0.488 e. The number of hydrogen-bond acceptors (Lipinski definition) is 2. The Morgan fingerprint density at radius 2 is 1.50 bits per heavy atom. The van der Waals surface area contributed by atoms with E-state index in [9.17, 15) is 0 Å². The Morgan fingerprint density at radius 1 is 0.900 bits per heavy atom. The van der Waals surface area contributed by atoms with Crippen molar-refractivity contribution in [2.75, 3.05) is 0 Å². The van der Waals surface area contributed by atoms with Gasteiger partial charge in [-0.3, -0.25) is 0 Å². The summed E-state index contributed by atoms with van der Waals surface area (Å²) in [6.07, 6.45) is -0.0703. The van der Waals surface area contributed by atoms with Crippen molar-refractivity contribution < 1.29 is 4.74 Å². The van der Waals surface area contributed by atoms with Crippen LogP contribution in [0.3, 0.4) is 0 Å². The van der Waals surface area contributed by atoms with Crippen molar-refractivity contribution >= 4 is 0 Å². The zero-order valence-corrected chi connectivity index (χ0v) is 12.7. The zero-order valence-electron chi connectivity index (χ0n) is 12.7. The van der Waals surface area contributed by atoms with Gasteiger partial charge in [0.05, 0.1) is 6.04 Å². The lowest BCUT2D eigenvalue weighted by Gasteiger charge is -2.23. The van der Waals surface area contributed by atoms with E-state index in [4.69, 9.17) is 10.5 Å². The van der Waals surface area contributed by atoms with E-state index in [2.05, 4.69) is 57.2 Å². The molecule has 0 fully saturated rings. The van der Waals surface area contributed by atoms with E-state index in [-0.39, 0.29) is 12.1 Å². The van der Waals surface area contributed by atoms with E-state index in [0.29, 0.717) is 0 Å². The van der Waals surface area contributed by atoms with Gasteiger partial charge in [-0.05, 0) is 44.9 Å². The third kappa shape index (κ3) is 3.40. The summed E-state index contributed by atoms with van der Waals surface area (Å²) >= 11 is 0. The molecule has 0 aliphatic carbocycles. The summed E-state index contributed by atoms with van der Waals surface area (Å²) in [5.74, 6) is 0.908. The summed E-state index contributed by atoms with van der Waals surface area (Å²) in [5.41, 5.74) is 11.0. The highest BCUT2D eigenvalue weighted by Gasteiger charge is 2.17. The van der Waals surface area contributed by atoms with Crippen LogP contribution in [-0.2, 0) is 0 Å². The molecule has 2 aromatic rings. The molecule has 0 spiro atoms. The molecule has 0 aromatic heterocycles. The molecule has 0 saturated carbocycles. The van der Waals surface area contributed by atoms with Crippen molar-refractivity contribution in [3.8, 4) is 5.75 Å². The lowest BCUT2D eigenvalue weighted by atomic mass is 10.0. The molecule has 2 heteroatoms. The fraction of sp³-hybridized carbons (Fsp3) is 0.333. The van der Waals surface area contributed by atoms with Gasteiger partial charge in [-0.1, -0.05) is 47.5 Å². The third-order valence-electron chi connectivity index (χ3n) is 3.61. The number of ether oxygens (including phenoxy) is 1. The molecular formula is C18H23NO. The normalized spacial score (nSPS) is 13.8. The Balaban J connectivity index is 2.11. The molecule has 0 aliphatic rings. The third-order valence-corrected chi connectivity index (χ3v) is 3.61. The molecule has 106 valence electrons. The molecule has 20 heavy (non-hydrogen) atoms. The molecular weight excluding hydrogens is 246 g/mol. The molecule has 0 aliphatic heterocycles. The highest BCUT2D eigenvalue weighted by atomic mass is 16.5. The summed E-state index contributed by atoms with van der Waals surface area (Å²) in [6.45, 7) is 8.24. The van der Waals surface area contributed by atoms with Gasteiger partial charge in [0, 0.05) is 0 Å². The van der Waals surface area contributed by atoms with Crippen LogP contribution in [0.15, 0.2) is 42.5 Å². The van der Waals surface area contributed by atoms with E-state index in [1.807, 2.05) is 13.0 Å². The van der Waals surface area contributed by atoms with Crippen molar-refractivity contribution in [3.05, 3.63) is 64.7 Å². The zero-order chi connectivity index (χ0) is 14.7. The molecule has 2 nitrogen and oxygen atoms in total. The molecule has 2 unspecified atom stereocenters. The summed E-state index contributed by atoms with van der Waals surface area (Å²) < 4.78 is 6.02. The first-order valence-corrected chi connectivity index (χ1v) is 7.03. The molecule has 2 rings (SSSR count). The summed E-state index contributed by atoms with van der Waals surface area (Å²) in [4.78, 5) is 0. The Bertz CT molecular complexity index is 574. The molecule has 0 heterocycles. The molecule has 0 bridgehead atoms. The maximum Gasteiger partial charge on any atom is 0.122 e. The highest BCUT2D eigenvalue weighted by Crippen LogP contribution is 2.24. The predicted octanol–water partition coefficient (Wildman–Crippen LogP) is 4.08. The number of nitrogens with two attached hydrogens (primary N) is 1. The lowest BCUT2D eigenvalue weighted by molar-refractivity contribution is 0.189. The van der Waals surface area contributed by atoms with E-state index in [1.54, 1.807) is 0 Å². The van der Waals surface area contributed by atoms with Crippen LogP contribution in [0.25, 0.3) is 0 Å². The number of hydrogen-bond donors (Lipinski definition) is 1. The Hall–Kier alpha value is -1.80. The van der Waals surface area contributed by atoms with Gasteiger partial charge >= 0.3 is 0 Å². The average molecular weight is 269 g/mol. The van der Waals surface area contributed by atoms with Crippen LogP contribution >= 0.6 is 0 Å². The van der Waals surface area contributed by atoms with E-state index >= 15 is 0 Å². The van der Waals surface area contributed by atoms with Gasteiger partial charge in [-0.25, -0.2) is 0 Å². The van der Waals surface area contributed by atoms with E-state index in [0.717, 1.165) is 16.9 Å². The minimum absolute atomic E-state index is 0.0703. The van der Waals surface area contributed by atoms with E-state index in [1.165, 1.54) is 11.1 Å². The van der Waals surface area contributed by atoms with Gasteiger partial charge in [0.15, 0.2) is 0 Å². The van der Waals surface area contributed by atoms with Gasteiger partial charge in [-0.15, -0.1) is 0 Å². The minimum Gasteiger partial charge on any atom is -0.488 e. The molecule has 2 N–H and O–H groups in total. The first kappa shape index (κ1) is 14.6. The van der Waals surface area contributed by atoms with Crippen LogP contribution in [0.2, 0.25) is 0 Å². The second-order valence-electron chi connectivity index (χ2n) is 5.53. The topological polar surface area (TPSA) is 35.2 Å². The van der Waals surface area contributed by atoms with Crippen LogP contribution in [0.4, 0.5) is 0 Å². The van der Waals surface area contributed by atoms with Crippen molar-refractivity contribution in [3.63, 3.8) is 0 Å². The second kappa shape index (κ2) is 6.10. The van der Waals surface area contributed by atoms with Crippen LogP contribution in [0.5, 0.6) is 5.75 Å². The van der Waals surface area contributed by atoms with Crippen molar-refractivity contribution in [1.29, 1.82) is 0 Å². The summed E-state index contributed by atoms with van der Waals surface area (Å²) in [7, 11) is 0. The van der Waals surface area contributed by atoms with Gasteiger partial charge < -0.3 is 10.5 Å². The lowest BCUT2D eigenvalue weighted by Crippen LogP contribution is -2.28. The van der Waals surface area contributed by atoms with Crippen LogP contribution in [0, 0.1) is 20.8 Å². The van der Waals surface area contributed by atoms with Gasteiger partial charge in [0.1, 0.15) is 11.9 Å². The number of benzene rings is 2. The fourth-order valence-electron chi connectivity index (χ4n) is 2.26. The number of rotatable bonds is 4. The van der Waals surface area contributed by atoms with Crippen LogP contribution in [0.1, 0.15) is 35.2 Å². The molecule has 2 atom stereocenters. The molecule has 0 radical (unpaired) electrons. The van der Waals surface area contributed by atoms with E-state index < -0.39 is 0 Å². The minimum atomic E-state index is -0.128. The smallest absolute Gasteiger partial charge is 0.122 e. The first-order valence-electron chi connectivity index (χ1n) is 7.03. The molecule has 0 amide bonds. The summed E-state index contributed by atoms with van der Waals surface area (Å²) in [6, 6.07) is 14.4. The van der Waals surface area contributed by atoms with Gasteiger partial charge in [0.25, 0.3) is 0 Å². The Kier molecular flexibility index (Phi) is 4.46. The maximum atomic E-state index is 6.29.